The van der Waals surface area contributed by atoms with E-state index in [-0.39, 0.29) is 0 Å². The van der Waals surface area contributed by atoms with Crippen LogP contribution in [0.2, 0.25) is 0 Å². The zero-order valence-corrected chi connectivity index (χ0v) is 12.2. The summed E-state index contributed by atoms with van der Waals surface area (Å²) in [7, 11) is 0. The number of rotatable bonds is 5. The van der Waals surface area contributed by atoms with Gasteiger partial charge < -0.3 is 9.47 Å². The molecule has 3 rings (SSSR count). The summed E-state index contributed by atoms with van der Waals surface area (Å²) in [5, 5.41) is 10.7. The van der Waals surface area contributed by atoms with Crippen LogP contribution >= 0.6 is 0 Å². The van der Waals surface area contributed by atoms with Gasteiger partial charge in [0.1, 0.15) is 0 Å². The van der Waals surface area contributed by atoms with Crippen LogP contribution in [-0.2, 0) is 9.47 Å². The van der Waals surface area contributed by atoms with Gasteiger partial charge in [0.2, 0.25) is 0 Å². The molecular formula is C17H23NO2. The van der Waals surface area contributed by atoms with Crippen molar-refractivity contribution in [1.29, 1.82) is 5.26 Å². The average Bonchev–Trinajstić information content (AvgIpc) is 2.48. The first kappa shape index (κ1) is 15.0. The Balaban J connectivity index is 0.000000157. The fourth-order valence-corrected chi connectivity index (χ4v) is 2.38. The lowest BCUT2D eigenvalue weighted by Crippen LogP contribution is -2.28. The molecule has 3 aliphatic rings. The van der Waals surface area contributed by atoms with E-state index >= 15 is 0 Å². The maximum Gasteiger partial charge on any atom is 0.0998 e. The van der Waals surface area contributed by atoms with Gasteiger partial charge in [-0.1, -0.05) is 44.7 Å². The van der Waals surface area contributed by atoms with Crippen LogP contribution in [0, 0.1) is 21.8 Å². The van der Waals surface area contributed by atoms with Crippen LogP contribution in [0.5, 0.6) is 0 Å². The molecule has 1 heterocycles. The Kier molecular flexibility index (Phi) is 6.04. The number of ether oxygens (including phenoxy) is 2. The van der Waals surface area contributed by atoms with E-state index in [1.54, 1.807) is 0 Å². The van der Waals surface area contributed by atoms with Crippen LogP contribution in [0.4, 0.5) is 0 Å². The van der Waals surface area contributed by atoms with Crippen molar-refractivity contribution in [3.05, 3.63) is 34.2 Å². The molecular weight excluding hydrogens is 250 g/mol. The average molecular weight is 273 g/mol. The fraction of sp³-hybridized carbons (Fsp3) is 0.588. The molecule has 1 fully saturated rings. The molecule has 1 atom stereocenters. The van der Waals surface area contributed by atoms with Crippen LogP contribution < -0.4 is 0 Å². The molecule has 0 N–H and O–H groups in total. The van der Waals surface area contributed by atoms with Crippen molar-refractivity contribution in [2.24, 2.45) is 0 Å². The molecule has 0 aromatic heterocycles. The molecule has 0 spiro atoms. The minimum atomic E-state index is 0.385. The zero-order valence-electron chi connectivity index (χ0n) is 12.2. The summed E-state index contributed by atoms with van der Waals surface area (Å²) in [4.78, 5) is 0. The second-order valence-electron chi connectivity index (χ2n) is 5.29. The summed E-state index contributed by atoms with van der Waals surface area (Å²) >= 11 is 0. The van der Waals surface area contributed by atoms with Gasteiger partial charge in [-0.25, -0.2) is 0 Å². The molecule has 0 bridgehead atoms. The lowest BCUT2D eigenvalue weighted by molar-refractivity contribution is -0.0912. The number of hydrogen-bond acceptors (Lipinski definition) is 3. The summed E-state index contributed by atoms with van der Waals surface area (Å²) in [6.07, 6.45) is 6.86. The van der Waals surface area contributed by atoms with Crippen molar-refractivity contribution in [1.82, 2.24) is 0 Å². The number of nitrogens with zero attached hydrogens (tertiary/aromatic N) is 1. The van der Waals surface area contributed by atoms with Crippen molar-refractivity contribution >= 4 is 0 Å². The minimum Gasteiger partial charge on any atom is -0.376 e. The van der Waals surface area contributed by atoms with Gasteiger partial charge in [0, 0.05) is 0 Å². The maximum atomic E-state index is 8.32. The second kappa shape index (κ2) is 8.04. The quantitative estimate of drug-likeness (QED) is 0.783. The first-order valence-electron chi connectivity index (χ1n) is 7.59. The molecule has 1 unspecified atom stereocenters. The number of unbranched alkanes of at least 4 members (excludes halogenated alkanes) is 3. The zero-order chi connectivity index (χ0) is 14.2. The molecule has 0 aromatic rings. The van der Waals surface area contributed by atoms with E-state index in [0.717, 1.165) is 30.6 Å². The maximum absolute atomic E-state index is 8.32. The predicted octanol–water partition coefficient (Wildman–Crippen LogP) is 3.53. The Morgan fingerprint density at radius 2 is 2.15 bits per heavy atom. The Morgan fingerprint density at radius 3 is 2.60 bits per heavy atom. The second-order valence-corrected chi connectivity index (χ2v) is 5.29. The molecule has 0 amide bonds. The molecule has 20 heavy (non-hydrogen) atoms. The molecule has 1 aliphatic heterocycles. The summed E-state index contributed by atoms with van der Waals surface area (Å²) in [6.45, 7) is 4.62. The Morgan fingerprint density at radius 1 is 1.25 bits per heavy atom. The monoisotopic (exact) mass is 273 g/mol. The van der Waals surface area contributed by atoms with Crippen molar-refractivity contribution in [2.45, 2.75) is 45.1 Å². The molecule has 108 valence electrons. The molecule has 3 heteroatoms. The standard InChI is InChI=1S/C10H20O2.C7H3N/c1-2-3-4-5-6-10-9-11-7-8-12-10;8-4-6-3-5-1-2-7(5)6/h10H,2-9H2,1H3;1-3H. The van der Waals surface area contributed by atoms with Crippen molar-refractivity contribution < 1.29 is 9.47 Å². The van der Waals surface area contributed by atoms with Crippen molar-refractivity contribution in [3.8, 4) is 6.07 Å². The minimum absolute atomic E-state index is 0.385. The van der Waals surface area contributed by atoms with Gasteiger partial charge in [-0.3, -0.25) is 0 Å². The van der Waals surface area contributed by atoms with Gasteiger partial charge in [0.15, 0.2) is 0 Å². The van der Waals surface area contributed by atoms with Gasteiger partial charge in [0.25, 0.3) is 0 Å². The molecule has 3 nitrogen and oxygen atoms in total. The largest absolute Gasteiger partial charge is 0.376 e. The summed E-state index contributed by atoms with van der Waals surface area (Å²) in [6, 6.07) is 7.96. The van der Waals surface area contributed by atoms with Crippen molar-refractivity contribution in [2.75, 3.05) is 19.8 Å². The molecule has 0 radical (unpaired) electrons. The number of nitriles is 1. The van der Waals surface area contributed by atoms with Crippen LogP contribution in [0.3, 0.4) is 0 Å². The van der Waals surface area contributed by atoms with E-state index in [4.69, 9.17) is 14.7 Å². The van der Waals surface area contributed by atoms with E-state index < -0.39 is 0 Å². The van der Waals surface area contributed by atoms with Gasteiger partial charge in [-0.15, -0.1) is 0 Å². The Hall–Kier alpha value is -1.37. The first-order chi connectivity index (χ1) is 9.85. The van der Waals surface area contributed by atoms with E-state index in [0.29, 0.717) is 6.10 Å². The number of benzene rings is 1. The van der Waals surface area contributed by atoms with Crippen LogP contribution in [0.25, 0.3) is 0 Å². The smallest absolute Gasteiger partial charge is 0.0998 e. The van der Waals surface area contributed by atoms with Crippen LogP contribution in [0.1, 0.15) is 44.6 Å². The molecule has 2 aliphatic carbocycles. The van der Waals surface area contributed by atoms with E-state index in [2.05, 4.69) is 13.0 Å². The third kappa shape index (κ3) is 4.06. The third-order valence-electron chi connectivity index (χ3n) is 3.72. The summed E-state index contributed by atoms with van der Waals surface area (Å²) in [5.74, 6) is 0. The Bertz CT molecular complexity index is 541. The molecule has 0 aromatic carbocycles. The lowest BCUT2D eigenvalue weighted by Gasteiger charge is -2.22. The highest BCUT2D eigenvalue weighted by Crippen LogP contribution is 2.13. The Labute approximate surface area is 120 Å². The summed E-state index contributed by atoms with van der Waals surface area (Å²) in [5.41, 5.74) is 0.836. The van der Waals surface area contributed by atoms with Crippen molar-refractivity contribution in [3.63, 3.8) is 0 Å². The van der Waals surface area contributed by atoms with Gasteiger partial charge in [-0.2, -0.15) is 5.26 Å². The highest BCUT2D eigenvalue weighted by atomic mass is 16.6. The highest BCUT2D eigenvalue weighted by Gasteiger charge is 2.12. The fourth-order valence-electron chi connectivity index (χ4n) is 2.38. The summed E-state index contributed by atoms with van der Waals surface area (Å²) < 4.78 is 10.8. The van der Waals surface area contributed by atoms with Gasteiger partial charge in [-0.05, 0) is 22.9 Å². The van der Waals surface area contributed by atoms with Gasteiger partial charge >= 0.3 is 0 Å². The first-order valence-corrected chi connectivity index (χ1v) is 7.59. The van der Waals surface area contributed by atoms with E-state index in [9.17, 15) is 0 Å². The normalized spacial score (nSPS) is 18.7. The highest BCUT2D eigenvalue weighted by molar-refractivity contribution is 5.41. The molecule has 1 saturated heterocycles. The van der Waals surface area contributed by atoms with Gasteiger partial charge in [0.05, 0.1) is 37.6 Å². The third-order valence-corrected chi connectivity index (χ3v) is 3.72. The van der Waals surface area contributed by atoms with E-state index in [1.807, 2.05) is 18.2 Å². The molecule has 0 saturated carbocycles. The SMILES string of the molecule is CCCCCCC1COCCO1.N#Cc1cc2ccc1=2. The van der Waals surface area contributed by atoms with Crippen LogP contribution in [-0.4, -0.2) is 25.9 Å². The van der Waals surface area contributed by atoms with E-state index in [1.165, 1.54) is 37.3 Å². The van der Waals surface area contributed by atoms with Crippen LogP contribution in [0.15, 0.2) is 18.2 Å². The number of hydrogen-bond donors (Lipinski definition) is 0. The lowest BCUT2D eigenvalue weighted by atomic mass is 10.0. The predicted molar refractivity (Wildman–Crippen MR) is 78.1 cm³/mol. The topological polar surface area (TPSA) is 42.2 Å².